The van der Waals surface area contributed by atoms with Gasteiger partial charge in [0.2, 0.25) is 0 Å². The van der Waals surface area contributed by atoms with Crippen LogP contribution in [0.5, 0.6) is 0 Å². The SMILES string of the molecule is CCCC[C@H]1CC[C@H](CC[C@]2(C#N)CC[C@H](CCCC)CC2)CC1. The summed E-state index contributed by atoms with van der Waals surface area (Å²) in [5.41, 5.74) is 0.0434. The number of hydrogen-bond acceptors (Lipinski definition) is 1. The molecule has 1 heteroatoms. The van der Waals surface area contributed by atoms with Gasteiger partial charge in [-0.25, -0.2) is 0 Å². The average molecular weight is 332 g/mol. The zero-order chi connectivity index (χ0) is 17.3. The predicted molar refractivity (Wildman–Crippen MR) is 104 cm³/mol. The molecule has 138 valence electrons. The Balaban J connectivity index is 1.68. The molecule has 0 radical (unpaired) electrons. The van der Waals surface area contributed by atoms with Crippen molar-refractivity contribution in [3.05, 3.63) is 0 Å². The van der Waals surface area contributed by atoms with Crippen molar-refractivity contribution in [1.82, 2.24) is 0 Å². The monoisotopic (exact) mass is 331 g/mol. The highest BCUT2D eigenvalue weighted by Gasteiger charge is 2.35. The average Bonchev–Trinajstić information content (AvgIpc) is 2.65. The standard InChI is InChI=1S/C23H41N/c1-3-5-7-20-9-11-22(12-10-20)15-18-23(19-24)16-13-21(14-17-23)8-6-4-2/h20-22H,3-18H2,1-2H3/t20-,21-,22-,23-. The molecule has 0 amide bonds. The molecule has 2 rings (SSSR count). The normalized spacial score (nSPS) is 34.0. The third-order valence-electron chi connectivity index (χ3n) is 7.23. The molecular weight excluding hydrogens is 290 g/mol. The van der Waals surface area contributed by atoms with Gasteiger partial charge in [-0.2, -0.15) is 5.26 Å². The van der Waals surface area contributed by atoms with Gasteiger partial charge in [0.25, 0.3) is 0 Å². The lowest BCUT2D eigenvalue weighted by Gasteiger charge is -2.37. The minimum Gasteiger partial charge on any atom is -0.198 e. The van der Waals surface area contributed by atoms with Crippen LogP contribution in [0.3, 0.4) is 0 Å². The molecule has 2 fully saturated rings. The van der Waals surface area contributed by atoms with Gasteiger partial charge >= 0.3 is 0 Å². The fourth-order valence-corrected chi connectivity index (χ4v) is 5.21. The lowest BCUT2D eigenvalue weighted by atomic mass is 9.66. The van der Waals surface area contributed by atoms with E-state index in [1.54, 1.807) is 0 Å². The zero-order valence-corrected chi connectivity index (χ0v) is 16.5. The van der Waals surface area contributed by atoms with Crippen LogP contribution in [0, 0.1) is 34.5 Å². The Kier molecular flexibility index (Phi) is 8.65. The summed E-state index contributed by atoms with van der Waals surface area (Å²) in [4.78, 5) is 0. The molecule has 0 aromatic rings. The van der Waals surface area contributed by atoms with Gasteiger partial charge in [-0.05, 0) is 56.3 Å². The van der Waals surface area contributed by atoms with Gasteiger partial charge in [0, 0.05) is 0 Å². The molecule has 0 unspecified atom stereocenters. The lowest BCUT2D eigenvalue weighted by Crippen LogP contribution is -2.27. The zero-order valence-electron chi connectivity index (χ0n) is 16.5. The summed E-state index contributed by atoms with van der Waals surface area (Å²) in [5, 5.41) is 9.82. The second kappa shape index (κ2) is 10.5. The van der Waals surface area contributed by atoms with E-state index in [0.29, 0.717) is 0 Å². The molecule has 2 saturated carbocycles. The maximum Gasteiger partial charge on any atom is 0.0689 e. The number of unbranched alkanes of at least 4 members (excludes halogenated alkanes) is 2. The molecule has 0 N–H and O–H groups in total. The minimum atomic E-state index is 0.0434. The first-order valence-corrected chi connectivity index (χ1v) is 11.1. The molecule has 0 spiro atoms. The van der Waals surface area contributed by atoms with Crippen molar-refractivity contribution in [2.24, 2.45) is 23.2 Å². The van der Waals surface area contributed by atoms with Gasteiger partial charge < -0.3 is 0 Å². The van der Waals surface area contributed by atoms with Crippen LogP contribution >= 0.6 is 0 Å². The van der Waals surface area contributed by atoms with Crippen molar-refractivity contribution >= 4 is 0 Å². The third kappa shape index (κ3) is 6.09. The maximum atomic E-state index is 9.82. The van der Waals surface area contributed by atoms with E-state index in [-0.39, 0.29) is 5.41 Å². The van der Waals surface area contributed by atoms with E-state index >= 15 is 0 Å². The summed E-state index contributed by atoms with van der Waals surface area (Å²) >= 11 is 0. The highest BCUT2D eigenvalue weighted by Crippen LogP contribution is 2.45. The van der Waals surface area contributed by atoms with Gasteiger partial charge in [-0.1, -0.05) is 78.1 Å². The minimum absolute atomic E-state index is 0.0434. The highest BCUT2D eigenvalue weighted by atomic mass is 14.4. The van der Waals surface area contributed by atoms with Gasteiger partial charge in [0.15, 0.2) is 0 Å². The fourth-order valence-electron chi connectivity index (χ4n) is 5.21. The van der Waals surface area contributed by atoms with E-state index in [9.17, 15) is 5.26 Å². The van der Waals surface area contributed by atoms with E-state index in [0.717, 1.165) is 17.8 Å². The van der Waals surface area contributed by atoms with E-state index in [4.69, 9.17) is 0 Å². The van der Waals surface area contributed by atoms with Gasteiger partial charge in [0.05, 0.1) is 11.5 Å². The van der Waals surface area contributed by atoms with Crippen LogP contribution in [0.4, 0.5) is 0 Å². The molecule has 24 heavy (non-hydrogen) atoms. The second-order valence-corrected chi connectivity index (χ2v) is 9.05. The highest BCUT2D eigenvalue weighted by molar-refractivity contribution is 5.01. The Hall–Kier alpha value is -0.510. The van der Waals surface area contributed by atoms with Crippen LogP contribution in [0.25, 0.3) is 0 Å². The quantitative estimate of drug-likeness (QED) is 0.425. The maximum absolute atomic E-state index is 9.82. The van der Waals surface area contributed by atoms with Crippen molar-refractivity contribution in [1.29, 1.82) is 5.26 Å². The molecule has 0 aromatic heterocycles. The Morgan fingerprint density at radius 1 is 0.750 bits per heavy atom. The Labute approximate surface area is 151 Å². The summed E-state index contributed by atoms with van der Waals surface area (Å²) in [6, 6.07) is 2.77. The van der Waals surface area contributed by atoms with Gasteiger partial charge in [-0.3, -0.25) is 0 Å². The first-order chi connectivity index (χ1) is 11.7. The molecule has 0 bridgehead atoms. The van der Waals surface area contributed by atoms with Crippen LogP contribution in [0.1, 0.15) is 117 Å². The first kappa shape index (κ1) is 19.8. The first-order valence-electron chi connectivity index (χ1n) is 11.1. The van der Waals surface area contributed by atoms with Crippen molar-refractivity contribution in [2.45, 2.75) is 117 Å². The van der Waals surface area contributed by atoms with Crippen molar-refractivity contribution in [3.63, 3.8) is 0 Å². The van der Waals surface area contributed by atoms with Gasteiger partial charge in [-0.15, -0.1) is 0 Å². The number of rotatable bonds is 9. The molecular formula is C23H41N. The largest absolute Gasteiger partial charge is 0.198 e. The van der Waals surface area contributed by atoms with Crippen LogP contribution in [-0.2, 0) is 0 Å². The molecule has 0 aliphatic heterocycles. The molecule has 2 aliphatic carbocycles. The lowest BCUT2D eigenvalue weighted by molar-refractivity contribution is 0.163. The van der Waals surface area contributed by atoms with E-state index in [2.05, 4.69) is 19.9 Å². The molecule has 1 nitrogen and oxygen atoms in total. The Bertz CT molecular complexity index is 364. The number of hydrogen-bond donors (Lipinski definition) is 0. The summed E-state index contributed by atoms with van der Waals surface area (Å²) < 4.78 is 0. The molecule has 2 aliphatic rings. The Morgan fingerprint density at radius 2 is 1.21 bits per heavy atom. The molecule has 0 heterocycles. The van der Waals surface area contributed by atoms with Gasteiger partial charge in [0.1, 0.15) is 0 Å². The van der Waals surface area contributed by atoms with E-state index < -0.39 is 0 Å². The fraction of sp³-hybridized carbons (Fsp3) is 0.957. The topological polar surface area (TPSA) is 23.8 Å². The molecule has 0 atom stereocenters. The van der Waals surface area contributed by atoms with Crippen LogP contribution in [0.2, 0.25) is 0 Å². The van der Waals surface area contributed by atoms with Crippen LogP contribution < -0.4 is 0 Å². The van der Waals surface area contributed by atoms with Crippen LogP contribution in [0.15, 0.2) is 0 Å². The molecule has 0 saturated heterocycles. The van der Waals surface area contributed by atoms with E-state index in [1.807, 2.05) is 0 Å². The second-order valence-electron chi connectivity index (χ2n) is 9.05. The Morgan fingerprint density at radius 3 is 1.67 bits per heavy atom. The smallest absolute Gasteiger partial charge is 0.0689 e. The van der Waals surface area contributed by atoms with E-state index in [1.165, 1.54) is 103 Å². The number of nitriles is 1. The van der Waals surface area contributed by atoms with Crippen molar-refractivity contribution in [2.75, 3.05) is 0 Å². The van der Waals surface area contributed by atoms with Crippen molar-refractivity contribution in [3.8, 4) is 6.07 Å². The summed E-state index contributed by atoms with van der Waals surface area (Å²) in [6.07, 6.45) is 21.7. The van der Waals surface area contributed by atoms with Crippen LogP contribution in [-0.4, -0.2) is 0 Å². The third-order valence-corrected chi connectivity index (χ3v) is 7.23. The van der Waals surface area contributed by atoms with Crippen molar-refractivity contribution < 1.29 is 0 Å². The number of nitrogens with zero attached hydrogens (tertiary/aromatic N) is 1. The summed E-state index contributed by atoms with van der Waals surface area (Å²) in [6.45, 7) is 4.60. The molecule has 0 aromatic carbocycles. The summed E-state index contributed by atoms with van der Waals surface area (Å²) in [7, 11) is 0. The summed E-state index contributed by atoms with van der Waals surface area (Å²) in [5.74, 6) is 2.85. The predicted octanol–water partition coefficient (Wildman–Crippen LogP) is 7.65.